The molecule has 1 aromatic rings. The van der Waals surface area contributed by atoms with Gasteiger partial charge in [-0.3, -0.25) is 10.3 Å². The van der Waals surface area contributed by atoms with Crippen LogP contribution in [0.2, 0.25) is 0 Å². The van der Waals surface area contributed by atoms with Gasteiger partial charge in [-0.05, 0) is 55.6 Å². The van der Waals surface area contributed by atoms with Gasteiger partial charge in [0, 0.05) is 23.5 Å². The maximum absolute atomic E-state index is 13.3. The van der Waals surface area contributed by atoms with E-state index >= 15 is 0 Å². The van der Waals surface area contributed by atoms with Crippen molar-refractivity contribution in [1.82, 2.24) is 5.48 Å². The molecule has 0 spiro atoms. The zero-order valence-corrected chi connectivity index (χ0v) is 19.0. The summed E-state index contributed by atoms with van der Waals surface area (Å²) in [7, 11) is -3.94. The number of allylic oxidation sites excluding steroid dienone is 3. The van der Waals surface area contributed by atoms with Gasteiger partial charge in [-0.15, -0.1) is 4.28 Å². The number of rotatable bonds is 4. The number of benzene rings is 1. The topological polar surface area (TPSA) is 72.5 Å². The standard InChI is InChI=1S/C24H31NO4S/c1-15-6-9-17(10-7-15)30(27,28)29-25-21-13-12-19-18-11-8-16(2)23(3,4)22(18)20(26)14-24(19,21)5/h6-7,9-10,13,18-19,22,25H,2,8,11-12,14H2,1,3-5H3. The van der Waals surface area contributed by atoms with E-state index in [1.165, 1.54) is 12.1 Å². The van der Waals surface area contributed by atoms with Gasteiger partial charge in [-0.2, -0.15) is 8.42 Å². The van der Waals surface area contributed by atoms with E-state index in [2.05, 4.69) is 32.8 Å². The summed E-state index contributed by atoms with van der Waals surface area (Å²) < 4.78 is 30.4. The minimum atomic E-state index is -3.94. The molecule has 1 N–H and O–H groups in total. The van der Waals surface area contributed by atoms with Crippen LogP contribution >= 0.6 is 0 Å². The molecule has 30 heavy (non-hydrogen) atoms. The predicted octanol–water partition coefficient (Wildman–Crippen LogP) is 4.70. The number of Topliss-reactive ketones (excluding diaryl/α,β-unsaturated/α-hetero) is 1. The molecule has 0 saturated heterocycles. The average Bonchev–Trinajstić information content (AvgIpc) is 2.99. The first-order valence-corrected chi connectivity index (χ1v) is 12.1. The third-order valence-corrected chi connectivity index (χ3v) is 9.03. The normalized spacial score (nSPS) is 32.9. The van der Waals surface area contributed by atoms with Gasteiger partial charge >= 0.3 is 10.1 Å². The van der Waals surface area contributed by atoms with Gasteiger partial charge < -0.3 is 0 Å². The van der Waals surface area contributed by atoms with E-state index in [-0.39, 0.29) is 27.9 Å². The van der Waals surface area contributed by atoms with Gasteiger partial charge in [0.25, 0.3) is 0 Å². The molecule has 5 nitrogen and oxygen atoms in total. The van der Waals surface area contributed by atoms with Gasteiger partial charge in [0.2, 0.25) is 0 Å². The molecule has 3 aliphatic rings. The monoisotopic (exact) mass is 429 g/mol. The Bertz CT molecular complexity index is 1020. The van der Waals surface area contributed by atoms with Crippen molar-refractivity contribution >= 4 is 15.9 Å². The van der Waals surface area contributed by atoms with Gasteiger partial charge in [0.1, 0.15) is 5.78 Å². The maximum atomic E-state index is 13.3. The molecule has 162 valence electrons. The quantitative estimate of drug-likeness (QED) is 0.555. The summed E-state index contributed by atoms with van der Waals surface area (Å²) in [6, 6.07) is 6.54. The van der Waals surface area contributed by atoms with Crippen LogP contribution in [-0.2, 0) is 19.2 Å². The van der Waals surface area contributed by atoms with Crippen LogP contribution < -0.4 is 5.48 Å². The van der Waals surface area contributed by atoms with E-state index in [4.69, 9.17) is 4.28 Å². The molecular formula is C24H31NO4S. The van der Waals surface area contributed by atoms with Crippen molar-refractivity contribution in [1.29, 1.82) is 0 Å². The summed E-state index contributed by atoms with van der Waals surface area (Å²) in [6.45, 7) is 12.5. The van der Waals surface area contributed by atoms with Crippen LogP contribution in [0, 0.1) is 35.5 Å². The second-order valence-electron chi connectivity index (χ2n) is 9.98. The predicted molar refractivity (Wildman–Crippen MR) is 116 cm³/mol. The number of hydrogen-bond donors (Lipinski definition) is 1. The Morgan fingerprint density at radius 2 is 1.83 bits per heavy atom. The van der Waals surface area contributed by atoms with Gasteiger partial charge in [-0.25, -0.2) is 0 Å². The number of ketones is 1. The highest BCUT2D eigenvalue weighted by Crippen LogP contribution is 2.61. The molecule has 1 aromatic carbocycles. The van der Waals surface area contributed by atoms with E-state index in [1.54, 1.807) is 12.1 Å². The Kier molecular flexibility index (Phi) is 5.02. The summed E-state index contributed by atoms with van der Waals surface area (Å²) in [6.07, 6.45) is 5.13. The Morgan fingerprint density at radius 1 is 1.17 bits per heavy atom. The fourth-order valence-electron chi connectivity index (χ4n) is 5.95. The zero-order valence-electron chi connectivity index (χ0n) is 18.2. The van der Waals surface area contributed by atoms with Crippen LogP contribution in [0.25, 0.3) is 0 Å². The van der Waals surface area contributed by atoms with E-state index in [9.17, 15) is 13.2 Å². The van der Waals surface area contributed by atoms with E-state index in [1.807, 2.05) is 13.0 Å². The van der Waals surface area contributed by atoms with Crippen molar-refractivity contribution in [2.24, 2.45) is 28.6 Å². The smallest absolute Gasteiger partial charge is 0.299 e. The third-order valence-electron chi connectivity index (χ3n) is 7.88. The zero-order chi connectivity index (χ0) is 21.9. The Labute approximate surface area is 179 Å². The molecule has 3 aliphatic carbocycles. The van der Waals surface area contributed by atoms with Crippen LogP contribution in [-0.4, -0.2) is 14.2 Å². The summed E-state index contributed by atoms with van der Waals surface area (Å²) in [5, 5.41) is 0. The third kappa shape index (κ3) is 3.25. The summed E-state index contributed by atoms with van der Waals surface area (Å²) >= 11 is 0. The molecule has 0 aliphatic heterocycles. The Balaban J connectivity index is 1.54. The molecule has 0 bridgehead atoms. The second-order valence-corrected chi connectivity index (χ2v) is 11.5. The highest BCUT2D eigenvalue weighted by molar-refractivity contribution is 7.86. The molecule has 4 unspecified atom stereocenters. The van der Waals surface area contributed by atoms with Crippen molar-refractivity contribution in [3.05, 3.63) is 53.8 Å². The fraction of sp³-hybridized carbons (Fsp3) is 0.542. The first kappa shape index (κ1) is 21.3. The average molecular weight is 430 g/mol. The van der Waals surface area contributed by atoms with E-state index < -0.39 is 15.5 Å². The lowest BCUT2D eigenvalue weighted by atomic mass is 9.49. The van der Waals surface area contributed by atoms with Crippen molar-refractivity contribution in [2.45, 2.75) is 58.3 Å². The second kappa shape index (κ2) is 7.06. The van der Waals surface area contributed by atoms with Crippen LogP contribution in [0.15, 0.2) is 53.1 Å². The molecule has 4 atom stereocenters. The van der Waals surface area contributed by atoms with Crippen LogP contribution in [0.1, 0.15) is 52.0 Å². The minimum Gasteiger partial charge on any atom is -0.299 e. The summed E-state index contributed by atoms with van der Waals surface area (Å²) in [5.41, 5.74) is 4.94. The molecule has 0 amide bonds. The summed E-state index contributed by atoms with van der Waals surface area (Å²) in [4.78, 5) is 13.4. The lowest BCUT2D eigenvalue weighted by molar-refractivity contribution is -0.141. The number of hydroxylamine groups is 1. The van der Waals surface area contributed by atoms with Gasteiger partial charge in [0.05, 0.1) is 4.90 Å². The van der Waals surface area contributed by atoms with Crippen molar-refractivity contribution in [3.63, 3.8) is 0 Å². The molecule has 0 heterocycles. The number of fused-ring (bicyclic) bond motifs is 3. The minimum absolute atomic E-state index is 0.0122. The van der Waals surface area contributed by atoms with Crippen LogP contribution in [0.4, 0.5) is 0 Å². The number of nitrogens with one attached hydrogen (secondary N) is 1. The van der Waals surface area contributed by atoms with Crippen molar-refractivity contribution in [3.8, 4) is 0 Å². The van der Waals surface area contributed by atoms with Crippen molar-refractivity contribution in [2.75, 3.05) is 0 Å². The first-order valence-electron chi connectivity index (χ1n) is 10.6. The molecule has 2 fully saturated rings. The number of carbonyl (C=O) groups excluding carboxylic acids is 1. The van der Waals surface area contributed by atoms with Crippen LogP contribution in [0.5, 0.6) is 0 Å². The van der Waals surface area contributed by atoms with Gasteiger partial charge in [-0.1, -0.05) is 56.7 Å². The lowest BCUT2D eigenvalue weighted by Gasteiger charge is -2.54. The Morgan fingerprint density at radius 3 is 2.50 bits per heavy atom. The van der Waals surface area contributed by atoms with E-state index in [0.29, 0.717) is 18.0 Å². The molecular weight excluding hydrogens is 398 g/mol. The van der Waals surface area contributed by atoms with Crippen molar-refractivity contribution < 1.29 is 17.5 Å². The molecule has 6 heteroatoms. The molecule has 2 saturated carbocycles. The number of aryl methyl sites for hydroxylation is 1. The number of hydrogen-bond acceptors (Lipinski definition) is 5. The van der Waals surface area contributed by atoms with Gasteiger partial charge in [0.15, 0.2) is 0 Å². The lowest BCUT2D eigenvalue weighted by Crippen LogP contribution is -2.53. The Hall–Kier alpha value is -1.92. The largest absolute Gasteiger partial charge is 0.317 e. The summed E-state index contributed by atoms with van der Waals surface area (Å²) in [5.74, 6) is 0.809. The van der Waals surface area contributed by atoms with E-state index in [0.717, 1.165) is 30.4 Å². The highest BCUT2D eigenvalue weighted by atomic mass is 32.2. The fourth-order valence-corrected chi connectivity index (χ4v) is 6.72. The molecule has 4 rings (SSSR count). The molecule has 0 aromatic heterocycles. The maximum Gasteiger partial charge on any atom is 0.317 e. The number of carbonyl (C=O) groups is 1. The first-order chi connectivity index (χ1) is 14.0. The SMILES string of the molecule is C=C1CCC2C(C(=O)CC3(C)C(NOS(=O)(=O)c4ccc(C)cc4)=CCC23)C1(C)C. The van der Waals surface area contributed by atoms with Crippen LogP contribution in [0.3, 0.4) is 0 Å². The molecule has 0 radical (unpaired) electrons. The highest BCUT2D eigenvalue weighted by Gasteiger charge is 2.59.